The minimum atomic E-state index is -4.37. The molecular formula is C11H10F3N. The molecule has 0 saturated carbocycles. The lowest BCUT2D eigenvalue weighted by molar-refractivity contribution is -0.138. The van der Waals surface area contributed by atoms with Gasteiger partial charge in [0.25, 0.3) is 0 Å². The van der Waals surface area contributed by atoms with Crippen LogP contribution < -0.4 is 5.73 Å². The van der Waals surface area contributed by atoms with Gasteiger partial charge in [-0.15, -0.1) is 6.42 Å². The van der Waals surface area contributed by atoms with Gasteiger partial charge in [-0.25, -0.2) is 0 Å². The van der Waals surface area contributed by atoms with E-state index in [1.165, 1.54) is 19.1 Å². The van der Waals surface area contributed by atoms with Crippen molar-refractivity contribution in [2.24, 2.45) is 5.73 Å². The highest BCUT2D eigenvalue weighted by Crippen LogP contribution is 2.33. The Hall–Kier alpha value is -1.47. The van der Waals surface area contributed by atoms with E-state index in [-0.39, 0.29) is 5.56 Å². The van der Waals surface area contributed by atoms with Gasteiger partial charge in [-0.3, -0.25) is 0 Å². The lowest BCUT2D eigenvalue weighted by Gasteiger charge is -2.15. The average molecular weight is 213 g/mol. The Morgan fingerprint density at radius 3 is 2.47 bits per heavy atom. The van der Waals surface area contributed by atoms with Crippen LogP contribution in [0, 0.1) is 19.3 Å². The lowest BCUT2D eigenvalue weighted by Crippen LogP contribution is -2.14. The van der Waals surface area contributed by atoms with Crippen LogP contribution in [0.5, 0.6) is 0 Å². The zero-order valence-electron chi connectivity index (χ0n) is 8.10. The smallest absolute Gasteiger partial charge is 0.314 e. The Morgan fingerprint density at radius 1 is 1.40 bits per heavy atom. The number of benzene rings is 1. The first-order valence-corrected chi connectivity index (χ1v) is 4.26. The van der Waals surface area contributed by atoms with Crippen LogP contribution in [0.25, 0.3) is 0 Å². The Kier molecular flexibility index (Phi) is 3.06. The van der Waals surface area contributed by atoms with Crippen LogP contribution in [0.2, 0.25) is 0 Å². The van der Waals surface area contributed by atoms with Crippen molar-refractivity contribution >= 4 is 0 Å². The molecule has 0 amide bonds. The molecule has 0 saturated heterocycles. The van der Waals surface area contributed by atoms with Crippen LogP contribution >= 0.6 is 0 Å². The maximum atomic E-state index is 12.5. The van der Waals surface area contributed by atoms with Crippen LogP contribution in [0.3, 0.4) is 0 Å². The van der Waals surface area contributed by atoms with E-state index in [0.717, 1.165) is 6.07 Å². The van der Waals surface area contributed by atoms with Gasteiger partial charge in [0, 0.05) is 0 Å². The highest BCUT2D eigenvalue weighted by atomic mass is 19.4. The van der Waals surface area contributed by atoms with Crippen LogP contribution in [0.15, 0.2) is 18.2 Å². The summed E-state index contributed by atoms with van der Waals surface area (Å²) in [5.74, 6) is 2.21. The molecule has 4 heteroatoms. The number of hydrogen-bond donors (Lipinski definition) is 1. The SMILES string of the molecule is C#CC(N)c1cccc(C(F)(F)F)c1C. The summed E-state index contributed by atoms with van der Waals surface area (Å²) < 4.78 is 37.5. The van der Waals surface area contributed by atoms with Gasteiger partial charge in [-0.1, -0.05) is 18.1 Å². The number of halogens is 3. The maximum Gasteiger partial charge on any atom is 0.416 e. The monoisotopic (exact) mass is 213 g/mol. The predicted molar refractivity (Wildman–Crippen MR) is 51.9 cm³/mol. The molecule has 0 aliphatic carbocycles. The zero-order chi connectivity index (χ0) is 11.6. The van der Waals surface area contributed by atoms with Crippen molar-refractivity contribution in [2.45, 2.75) is 19.1 Å². The quantitative estimate of drug-likeness (QED) is 0.713. The summed E-state index contributed by atoms with van der Waals surface area (Å²) in [4.78, 5) is 0. The average Bonchev–Trinajstić information content (AvgIpc) is 2.15. The van der Waals surface area contributed by atoms with Crippen molar-refractivity contribution < 1.29 is 13.2 Å². The Labute approximate surface area is 86.1 Å². The molecule has 0 aromatic heterocycles. The molecule has 0 heterocycles. The minimum absolute atomic E-state index is 0.0930. The van der Waals surface area contributed by atoms with E-state index in [1.807, 2.05) is 0 Å². The second kappa shape index (κ2) is 3.95. The van der Waals surface area contributed by atoms with Crippen LogP contribution in [-0.4, -0.2) is 0 Å². The normalized spacial score (nSPS) is 13.3. The standard InChI is InChI=1S/C11H10F3N/c1-3-10(15)8-5-4-6-9(7(8)2)11(12,13)14/h1,4-6,10H,15H2,2H3. The molecule has 80 valence electrons. The summed E-state index contributed by atoms with van der Waals surface area (Å²) in [6, 6.07) is 3.03. The Balaban J connectivity index is 3.31. The van der Waals surface area contributed by atoms with Crippen LogP contribution in [0.1, 0.15) is 22.7 Å². The molecule has 0 spiro atoms. The largest absolute Gasteiger partial charge is 0.416 e. The molecule has 0 bridgehead atoms. The first-order chi connectivity index (χ1) is 6.88. The van der Waals surface area contributed by atoms with Crippen molar-refractivity contribution in [2.75, 3.05) is 0 Å². The van der Waals surface area contributed by atoms with E-state index < -0.39 is 17.8 Å². The summed E-state index contributed by atoms with van der Waals surface area (Å²) in [5, 5.41) is 0. The van der Waals surface area contributed by atoms with Gasteiger partial charge in [0.2, 0.25) is 0 Å². The molecule has 1 aromatic carbocycles. The fourth-order valence-electron chi connectivity index (χ4n) is 1.39. The second-order valence-corrected chi connectivity index (χ2v) is 3.16. The summed E-state index contributed by atoms with van der Waals surface area (Å²) in [6.07, 6.45) is 0.709. The van der Waals surface area contributed by atoms with Gasteiger partial charge >= 0.3 is 6.18 Å². The molecule has 0 fully saturated rings. The van der Waals surface area contributed by atoms with E-state index in [2.05, 4.69) is 5.92 Å². The summed E-state index contributed by atoms with van der Waals surface area (Å²) in [7, 11) is 0. The van der Waals surface area contributed by atoms with Gasteiger partial charge in [0.05, 0.1) is 11.6 Å². The molecule has 2 N–H and O–H groups in total. The predicted octanol–water partition coefficient (Wildman–Crippen LogP) is 2.65. The van der Waals surface area contributed by atoms with Crippen molar-refractivity contribution in [3.8, 4) is 12.3 Å². The minimum Gasteiger partial charge on any atom is -0.314 e. The number of terminal acetylenes is 1. The van der Waals surface area contributed by atoms with E-state index >= 15 is 0 Å². The number of rotatable bonds is 1. The van der Waals surface area contributed by atoms with Gasteiger partial charge in [-0.2, -0.15) is 13.2 Å². The van der Waals surface area contributed by atoms with Gasteiger partial charge < -0.3 is 5.73 Å². The molecule has 0 aliphatic rings. The fourth-order valence-corrected chi connectivity index (χ4v) is 1.39. The molecule has 1 unspecified atom stereocenters. The van der Waals surface area contributed by atoms with Gasteiger partial charge in [0.1, 0.15) is 0 Å². The van der Waals surface area contributed by atoms with E-state index in [0.29, 0.717) is 5.56 Å². The topological polar surface area (TPSA) is 26.0 Å². The first-order valence-electron chi connectivity index (χ1n) is 4.26. The Morgan fingerprint density at radius 2 is 2.00 bits per heavy atom. The van der Waals surface area contributed by atoms with E-state index in [4.69, 9.17) is 12.2 Å². The van der Waals surface area contributed by atoms with Crippen molar-refractivity contribution in [1.82, 2.24) is 0 Å². The summed E-state index contributed by atoms with van der Waals surface area (Å²) in [5.41, 5.74) is 5.25. The zero-order valence-corrected chi connectivity index (χ0v) is 8.10. The Bertz CT molecular complexity index is 401. The van der Waals surface area contributed by atoms with Gasteiger partial charge in [0.15, 0.2) is 0 Å². The van der Waals surface area contributed by atoms with Crippen molar-refractivity contribution in [3.63, 3.8) is 0 Å². The molecule has 0 aliphatic heterocycles. The van der Waals surface area contributed by atoms with Crippen LogP contribution in [0.4, 0.5) is 13.2 Å². The first kappa shape index (κ1) is 11.6. The van der Waals surface area contributed by atoms with E-state index in [1.54, 1.807) is 0 Å². The number of hydrogen-bond acceptors (Lipinski definition) is 1. The van der Waals surface area contributed by atoms with Gasteiger partial charge in [-0.05, 0) is 24.1 Å². The summed E-state index contributed by atoms with van der Waals surface area (Å²) >= 11 is 0. The lowest BCUT2D eigenvalue weighted by atomic mass is 9.97. The number of alkyl halides is 3. The third-order valence-electron chi connectivity index (χ3n) is 2.20. The third kappa shape index (κ3) is 2.31. The molecule has 0 radical (unpaired) electrons. The third-order valence-corrected chi connectivity index (χ3v) is 2.20. The molecule has 1 rings (SSSR count). The van der Waals surface area contributed by atoms with Crippen molar-refractivity contribution in [1.29, 1.82) is 0 Å². The fraction of sp³-hybridized carbons (Fsp3) is 0.273. The second-order valence-electron chi connectivity index (χ2n) is 3.16. The van der Waals surface area contributed by atoms with E-state index in [9.17, 15) is 13.2 Å². The maximum absolute atomic E-state index is 12.5. The highest BCUT2D eigenvalue weighted by molar-refractivity contribution is 5.40. The molecule has 1 aromatic rings. The molecule has 15 heavy (non-hydrogen) atoms. The summed E-state index contributed by atoms with van der Waals surface area (Å²) in [6.45, 7) is 1.37. The highest BCUT2D eigenvalue weighted by Gasteiger charge is 2.33. The molecular weight excluding hydrogens is 203 g/mol. The number of nitrogens with two attached hydrogens (primary N) is 1. The van der Waals surface area contributed by atoms with Crippen molar-refractivity contribution in [3.05, 3.63) is 34.9 Å². The van der Waals surface area contributed by atoms with Crippen LogP contribution in [-0.2, 0) is 6.18 Å². The molecule has 1 nitrogen and oxygen atoms in total. The molecule has 1 atom stereocenters.